The number of carboxylic acids is 1. The number of carboxylic acid groups (broad SMARTS) is 1. The molecule has 1 aliphatic heterocycles. The second kappa shape index (κ2) is 7.07. The lowest BCUT2D eigenvalue weighted by Gasteiger charge is -2.40. The number of carbonyl (C=O) groups is 1. The molecule has 0 bridgehead atoms. The second-order valence-corrected chi connectivity index (χ2v) is 12.2. The molecular formula is C19H25Cl2NO4S. The van der Waals surface area contributed by atoms with E-state index in [9.17, 15) is 18.3 Å². The van der Waals surface area contributed by atoms with Gasteiger partial charge >= 0.3 is 5.97 Å². The van der Waals surface area contributed by atoms with Gasteiger partial charge in [-0.3, -0.25) is 0 Å². The standard InChI is InChI=1S/C19H25Cl2NO4S/c1-18(2,3)15-10-12(17(23)24)16(11-7-8-13(20)14(21)9-11)22(15)27(25,26)19(4,5)6/h7-10,15-16H,1-6H3,(H,23,24)/t15-,16-/m0/s1. The molecule has 8 heteroatoms. The zero-order chi connectivity index (χ0) is 20.9. The smallest absolute Gasteiger partial charge is 0.333 e. The minimum atomic E-state index is -3.85. The fourth-order valence-corrected chi connectivity index (χ4v) is 5.19. The first kappa shape index (κ1) is 22.2. The molecule has 1 aromatic carbocycles. The van der Waals surface area contributed by atoms with Crippen LogP contribution in [0.1, 0.15) is 53.1 Å². The quantitative estimate of drug-likeness (QED) is 0.734. The third kappa shape index (κ3) is 4.04. The van der Waals surface area contributed by atoms with Gasteiger partial charge in [0.1, 0.15) is 0 Å². The van der Waals surface area contributed by atoms with Crippen LogP contribution in [-0.4, -0.2) is 34.6 Å². The summed E-state index contributed by atoms with van der Waals surface area (Å²) in [5, 5.41) is 10.3. The molecule has 1 heterocycles. The van der Waals surface area contributed by atoms with Gasteiger partial charge < -0.3 is 5.11 Å². The molecule has 0 radical (unpaired) electrons. The van der Waals surface area contributed by atoms with Gasteiger partial charge in [-0.15, -0.1) is 0 Å². The molecule has 0 spiro atoms. The van der Waals surface area contributed by atoms with Crippen LogP contribution in [0.5, 0.6) is 0 Å². The molecule has 27 heavy (non-hydrogen) atoms. The summed E-state index contributed by atoms with van der Waals surface area (Å²) < 4.78 is 27.1. The summed E-state index contributed by atoms with van der Waals surface area (Å²) in [6.07, 6.45) is 1.54. The van der Waals surface area contributed by atoms with Crippen LogP contribution in [0.15, 0.2) is 29.8 Å². The Labute approximate surface area is 171 Å². The summed E-state index contributed by atoms with van der Waals surface area (Å²) in [7, 11) is -3.85. The molecular weight excluding hydrogens is 409 g/mol. The molecule has 2 rings (SSSR count). The molecule has 0 unspecified atom stereocenters. The minimum Gasteiger partial charge on any atom is -0.478 e. The van der Waals surface area contributed by atoms with Gasteiger partial charge in [-0.1, -0.05) is 56.1 Å². The first-order chi connectivity index (χ1) is 12.1. The fraction of sp³-hybridized carbons (Fsp3) is 0.526. The lowest BCUT2D eigenvalue weighted by Crippen LogP contribution is -2.51. The average molecular weight is 434 g/mol. The van der Waals surface area contributed by atoms with Crippen molar-refractivity contribution in [1.82, 2.24) is 4.31 Å². The van der Waals surface area contributed by atoms with E-state index in [1.807, 2.05) is 20.8 Å². The van der Waals surface area contributed by atoms with Crippen LogP contribution in [0.25, 0.3) is 0 Å². The molecule has 0 aromatic heterocycles. The van der Waals surface area contributed by atoms with Crippen molar-refractivity contribution in [3.8, 4) is 0 Å². The summed E-state index contributed by atoms with van der Waals surface area (Å²) in [6.45, 7) is 10.5. The highest BCUT2D eigenvalue weighted by molar-refractivity contribution is 7.90. The van der Waals surface area contributed by atoms with Crippen molar-refractivity contribution in [2.75, 3.05) is 0 Å². The largest absolute Gasteiger partial charge is 0.478 e. The Morgan fingerprint density at radius 1 is 1.07 bits per heavy atom. The van der Waals surface area contributed by atoms with Crippen LogP contribution in [0.2, 0.25) is 10.0 Å². The Balaban J connectivity index is 2.79. The Hall–Kier alpha value is -1.08. The third-order valence-corrected chi connectivity index (χ3v) is 7.89. The maximum absolute atomic E-state index is 13.5. The van der Waals surface area contributed by atoms with Gasteiger partial charge in [0, 0.05) is 6.04 Å². The molecule has 1 aliphatic rings. The van der Waals surface area contributed by atoms with Crippen LogP contribution in [0, 0.1) is 5.41 Å². The fourth-order valence-electron chi connectivity index (χ4n) is 3.07. The van der Waals surface area contributed by atoms with Crippen molar-refractivity contribution in [2.24, 2.45) is 5.41 Å². The van der Waals surface area contributed by atoms with E-state index in [2.05, 4.69) is 0 Å². The van der Waals surface area contributed by atoms with Crippen LogP contribution >= 0.6 is 23.2 Å². The van der Waals surface area contributed by atoms with E-state index in [-0.39, 0.29) is 10.6 Å². The highest BCUT2D eigenvalue weighted by Crippen LogP contribution is 2.47. The van der Waals surface area contributed by atoms with Crippen LogP contribution < -0.4 is 0 Å². The molecule has 1 N–H and O–H groups in total. The zero-order valence-electron chi connectivity index (χ0n) is 16.2. The van der Waals surface area contributed by atoms with Gasteiger partial charge in [0.05, 0.1) is 26.4 Å². The maximum Gasteiger partial charge on any atom is 0.333 e. The molecule has 0 aliphatic carbocycles. The Morgan fingerprint density at radius 2 is 1.63 bits per heavy atom. The highest BCUT2D eigenvalue weighted by Gasteiger charge is 2.52. The summed E-state index contributed by atoms with van der Waals surface area (Å²) in [5.74, 6) is -1.16. The van der Waals surface area contributed by atoms with Gasteiger partial charge in [0.25, 0.3) is 0 Å². The van der Waals surface area contributed by atoms with Gasteiger partial charge in [-0.05, 0) is 43.9 Å². The summed E-state index contributed by atoms with van der Waals surface area (Å²) in [4.78, 5) is 12.0. The van der Waals surface area contributed by atoms with Crippen LogP contribution in [0.4, 0.5) is 0 Å². The lowest BCUT2D eigenvalue weighted by molar-refractivity contribution is -0.133. The van der Waals surface area contributed by atoms with Crippen molar-refractivity contribution in [3.05, 3.63) is 45.5 Å². The van der Waals surface area contributed by atoms with Crippen LogP contribution in [-0.2, 0) is 14.8 Å². The number of aliphatic carboxylic acids is 1. The number of hydrogen-bond donors (Lipinski definition) is 1. The lowest BCUT2D eigenvalue weighted by atomic mass is 9.87. The maximum atomic E-state index is 13.5. The predicted octanol–water partition coefficient (Wildman–Crippen LogP) is 4.90. The average Bonchev–Trinajstić information content (AvgIpc) is 2.90. The molecule has 2 atom stereocenters. The van der Waals surface area contributed by atoms with E-state index < -0.39 is 38.2 Å². The third-order valence-electron chi connectivity index (χ3n) is 4.61. The van der Waals surface area contributed by atoms with Crippen molar-refractivity contribution < 1.29 is 18.3 Å². The van der Waals surface area contributed by atoms with E-state index in [0.717, 1.165) is 0 Å². The second-order valence-electron chi connectivity index (χ2n) is 8.76. The SMILES string of the molecule is CC(C)(C)[C@@H]1C=C(C(=O)O)[C@H](c2ccc(Cl)c(Cl)c2)N1S(=O)(=O)C(C)(C)C. The van der Waals surface area contributed by atoms with E-state index in [1.165, 1.54) is 10.4 Å². The van der Waals surface area contributed by atoms with E-state index in [1.54, 1.807) is 39.0 Å². The molecule has 0 fully saturated rings. The molecule has 0 saturated carbocycles. The number of rotatable bonds is 3. The van der Waals surface area contributed by atoms with E-state index >= 15 is 0 Å². The van der Waals surface area contributed by atoms with Crippen LogP contribution in [0.3, 0.4) is 0 Å². The highest BCUT2D eigenvalue weighted by atomic mass is 35.5. The number of nitrogens with zero attached hydrogens (tertiary/aromatic N) is 1. The topological polar surface area (TPSA) is 74.7 Å². The van der Waals surface area contributed by atoms with Gasteiger partial charge in [0.15, 0.2) is 0 Å². The number of benzene rings is 1. The Morgan fingerprint density at radius 3 is 2.04 bits per heavy atom. The van der Waals surface area contributed by atoms with E-state index in [0.29, 0.717) is 10.6 Å². The molecule has 0 saturated heterocycles. The minimum absolute atomic E-state index is 0.0149. The molecule has 0 amide bonds. The number of sulfonamides is 1. The summed E-state index contributed by atoms with van der Waals surface area (Å²) in [5.41, 5.74) is -0.0250. The molecule has 1 aromatic rings. The Bertz CT molecular complexity index is 895. The van der Waals surface area contributed by atoms with Crippen molar-refractivity contribution in [3.63, 3.8) is 0 Å². The Kier molecular flexibility index (Phi) is 5.81. The van der Waals surface area contributed by atoms with Crippen molar-refractivity contribution in [2.45, 2.75) is 58.4 Å². The summed E-state index contributed by atoms with van der Waals surface area (Å²) in [6, 6.07) is 3.09. The monoisotopic (exact) mass is 433 g/mol. The first-order valence-corrected chi connectivity index (χ1v) is 10.7. The predicted molar refractivity (Wildman–Crippen MR) is 109 cm³/mol. The van der Waals surface area contributed by atoms with Gasteiger partial charge in [0.2, 0.25) is 10.0 Å². The van der Waals surface area contributed by atoms with Crippen molar-refractivity contribution in [1.29, 1.82) is 0 Å². The van der Waals surface area contributed by atoms with E-state index in [4.69, 9.17) is 23.2 Å². The molecule has 150 valence electrons. The zero-order valence-corrected chi connectivity index (χ0v) is 18.6. The number of hydrogen-bond acceptors (Lipinski definition) is 3. The van der Waals surface area contributed by atoms with Gasteiger partial charge in [-0.25, -0.2) is 13.2 Å². The molecule has 5 nitrogen and oxygen atoms in total. The number of halogens is 2. The summed E-state index contributed by atoms with van der Waals surface area (Å²) >= 11 is 12.1. The normalized spacial score (nSPS) is 22.0. The van der Waals surface area contributed by atoms with Crippen molar-refractivity contribution >= 4 is 39.2 Å². The first-order valence-electron chi connectivity index (χ1n) is 8.52. The van der Waals surface area contributed by atoms with Gasteiger partial charge in [-0.2, -0.15) is 4.31 Å².